The third-order valence-electron chi connectivity index (χ3n) is 3.37. The van der Waals surface area contributed by atoms with E-state index in [1.807, 2.05) is 20.8 Å². The number of rotatable bonds is 5. The van der Waals surface area contributed by atoms with E-state index in [0.29, 0.717) is 13.0 Å². The molecule has 0 aromatic rings. The van der Waals surface area contributed by atoms with Gasteiger partial charge in [0, 0.05) is 12.6 Å². The van der Waals surface area contributed by atoms with E-state index in [2.05, 4.69) is 12.2 Å². The predicted octanol–water partition coefficient (Wildman–Crippen LogP) is 1.93. The van der Waals surface area contributed by atoms with Crippen molar-refractivity contribution in [2.75, 3.05) is 20.2 Å². The number of unbranched alkanes of at least 4 members (excludes halogenated alkanes) is 1. The molecular formula is C15H28N2O4. The maximum Gasteiger partial charge on any atom is 0.411 e. The summed E-state index contributed by atoms with van der Waals surface area (Å²) >= 11 is 0. The molecule has 122 valence electrons. The quantitative estimate of drug-likeness (QED) is 0.620. The summed E-state index contributed by atoms with van der Waals surface area (Å²) in [4.78, 5) is 25.6. The van der Waals surface area contributed by atoms with Gasteiger partial charge in [0.15, 0.2) is 0 Å². The minimum Gasteiger partial charge on any atom is -0.467 e. The third-order valence-corrected chi connectivity index (χ3v) is 3.37. The van der Waals surface area contributed by atoms with Gasteiger partial charge in [-0.25, -0.2) is 9.59 Å². The first-order chi connectivity index (χ1) is 9.78. The molecule has 1 unspecified atom stereocenters. The molecule has 6 nitrogen and oxygen atoms in total. The van der Waals surface area contributed by atoms with Gasteiger partial charge in [0.1, 0.15) is 11.6 Å². The number of methoxy groups -OCH3 is 1. The van der Waals surface area contributed by atoms with Crippen LogP contribution in [0.4, 0.5) is 4.79 Å². The summed E-state index contributed by atoms with van der Waals surface area (Å²) in [6.45, 7) is 8.91. The molecule has 1 N–H and O–H groups in total. The highest BCUT2D eigenvalue weighted by Crippen LogP contribution is 2.22. The van der Waals surface area contributed by atoms with Crippen LogP contribution in [0.1, 0.15) is 47.0 Å². The van der Waals surface area contributed by atoms with Crippen LogP contribution in [0.5, 0.6) is 0 Å². The number of nitrogens with one attached hydrogen (secondary N) is 1. The number of esters is 1. The van der Waals surface area contributed by atoms with E-state index in [0.717, 1.165) is 19.4 Å². The smallest absolute Gasteiger partial charge is 0.411 e. The molecular weight excluding hydrogens is 272 g/mol. The average molecular weight is 300 g/mol. The van der Waals surface area contributed by atoms with Crippen LogP contribution in [0.15, 0.2) is 0 Å². The summed E-state index contributed by atoms with van der Waals surface area (Å²) in [5, 5.41) is 3.38. The number of hydrogen-bond donors (Lipinski definition) is 1. The van der Waals surface area contributed by atoms with Gasteiger partial charge in [-0.1, -0.05) is 13.3 Å². The van der Waals surface area contributed by atoms with Gasteiger partial charge in [-0.3, -0.25) is 4.90 Å². The van der Waals surface area contributed by atoms with Crippen molar-refractivity contribution in [1.29, 1.82) is 0 Å². The Balaban J connectivity index is 2.69. The van der Waals surface area contributed by atoms with Crippen molar-refractivity contribution < 1.29 is 19.1 Å². The molecule has 0 spiro atoms. The van der Waals surface area contributed by atoms with Crippen LogP contribution in [0, 0.1) is 0 Å². The summed E-state index contributed by atoms with van der Waals surface area (Å²) in [6.07, 6.45) is 2.29. The normalized spacial score (nSPS) is 22.2. The highest BCUT2D eigenvalue weighted by Gasteiger charge is 2.41. The summed E-state index contributed by atoms with van der Waals surface area (Å²) in [6, 6.07) is -0.461. The zero-order valence-corrected chi connectivity index (χ0v) is 13.8. The minimum absolute atomic E-state index is 0.105. The van der Waals surface area contributed by atoms with Crippen molar-refractivity contribution in [1.82, 2.24) is 10.2 Å². The first kappa shape index (κ1) is 17.8. The van der Waals surface area contributed by atoms with Crippen molar-refractivity contribution in [3.8, 4) is 0 Å². The van der Waals surface area contributed by atoms with Crippen LogP contribution < -0.4 is 5.32 Å². The van der Waals surface area contributed by atoms with E-state index in [-0.39, 0.29) is 12.0 Å². The number of amides is 1. The van der Waals surface area contributed by atoms with Crippen LogP contribution in [-0.4, -0.2) is 54.8 Å². The summed E-state index contributed by atoms with van der Waals surface area (Å²) < 4.78 is 10.2. The molecule has 1 fully saturated rings. The topological polar surface area (TPSA) is 67.9 Å². The molecule has 1 heterocycles. The van der Waals surface area contributed by atoms with Gasteiger partial charge < -0.3 is 14.8 Å². The fourth-order valence-electron chi connectivity index (χ4n) is 2.35. The molecule has 0 bridgehead atoms. The van der Waals surface area contributed by atoms with Gasteiger partial charge in [0.25, 0.3) is 0 Å². The second-order valence-electron chi connectivity index (χ2n) is 6.41. The van der Waals surface area contributed by atoms with E-state index in [4.69, 9.17) is 9.47 Å². The second kappa shape index (κ2) is 7.64. The van der Waals surface area contributed by atoms with Crippen molar-refractivity contribution in [3.05, 3.63) is 0 Å². The monoisotopic (exact) mass is 300 g/mol. The average Bonchev–Trinajstić information content (AvgIpc) is 2.80. The zero-order valence-electron chi connectivity index (χ0n) is 13.8. The molecule has 0 aromatic carbocycles. The Morgan fingerprint density at radius 3 is 2.52 bits per heavy atom. The van der Waals surface area contributed by atoms with Gasteiger partial charge >= 0.3 is 12.1 Å². The van der Waals surface area contributed by atoms with E-state index < -0.39 is 17.7 Å². The van der Waals surface area contributed by atoms with Crippen molar-refractivity contribution >= 4 is 12.1 Å². The van der Waals surface area contributed by atoms with Gasteiger partial charge in [0.05, 0.1) is 7.11 Å². The predicted molar refractivity (Wildman–Crippen MR) is 80.1 cm³/mol. The van der Waals surface area contributed by atoms with Gasteiger partial charge in [-0.05, 0) is 40.2 Å². The molecule has 0 aromatic heterocycles. The van der Waals surface area contributed by atoms with Crippen LogP contribution >= 0.6 is 0 Å². The SMILES string of the molecule is CCCCNC1C[C@@H](C(=O)OC)N(C(=O)OC(C)(C)C)C1. The summed E-state index contributed by atoms with van der Waals surface area (Å²) in [7, 11) is 1.34. The van der Waals surface area contributed by atoms with E-state index in [1.54, 1.807) is 0 Å². The van der Waals surface area contributed by atoms with Crippen molar-refractivity contribution in [3.63, 3.8) is 0 Å². The number of carbonyl (C=O) groups excluding carboxylic acids is 2. The Hall–Kier alpha value is -1.30. The van der Waals surface area contributed by atoms with E-state index in [1.165, 1.54) is 12.0 Å². The van der Waals surface area contributed by atoms with Gasteiger partial charge in [-0.15, -0.1) is 0 Å². The fourth-order valence-corrected chi connectivity index (χ4v) is 2.35. The molecule has 0 saturated carbocycles. The number of likely N-dealkylation sites (tertiary alicyclic amines) is 1. The maximum absolute atomic E-state index is 12.2. The molecule has 1 amide bonds. The first-order valence-corrected chi connectivity index (χ1v) is 7.59. The molecule has 21 heavy (non-hydrogen) atoms. The van der Waals surface area contributed by atoms with Crippen LogP contribution in [0.3, 0.4) is 0 Å². The van der Waals surface area contributed by atoms with Gasteiger partial charge in [-0.2, -0.15) is 0 Å². The molecule has 2 atom stereocenters. The standard InChI is InChI=1S/C15H28N2O4/c1-6-7-8-16-11-9-12(13(18)20-5)17(10-11)14(19)21-15(2,3)4/h11-12,16H,6-10H2,1-5H3/t11?,12-/m0/s1. The Bertz CT molecular complexity index is 365. The molecule has 1 saturated heterocycles. The molecule has 0 radical (unpaired) electrons. The fraction of sp³-hybridized carbons (Fsp3) is 0.867. The number of ether oxygens (including phenoxy) is 2. The lowest BCUT2D eigenvalue weighted by Crippen LogP contribution is -2.44. The molecule has 1 rings (SSSR count). The Kier molecular flexibility index (Phi) is 6.45. The third kappa shape index (κ3) is 5.53. The van der Waals surface area contributed by atoms with Crippen molar-refractivity contribution in [2.24, 2.45) is 0 Å². The number of hydrogen-bond acceptors (Lipinski definition) is 5. The Labute approximate surface area is 127 Å². The lowest BCUT2D eigenvalue weighted by atomic mass is 10.1. The van der Waals surface area contributed by atoms with Crippen molar-refractivity contribution in [2.45, 2.75) is 64.6 Å². The largest absolute Gasteiger partial charge is 0.467 e. The van der Waals surface area contributed by atoms with E-state index >= 15 is 0 Å². The Morgan fingerprint density at radius 1 is 1.33 bits per heavy atom. The van der Waals surface area contributed by atoms with Crippen LogP contribution in [0.2, 0.25) is 0 Å². The first-order valence-electron chi connectivity index (χ1n) is 7.59. The zero-order chi connectivity index (χ0) is 16.0. The molecule has 6 heteroatoms. The molecule has 0 aliphatic carbocycles. The highest BCUT2D eigenvalue weighted by molar-refractivity contribution is 5.82. The molecule has 1 aliphatic rings. The highest BCUT2D eigenvalue weighted by atomic mass is 16.6. The summed E-state index contributed by atoms with van der Waals surface area (Å²) in [5.74, 6) is -0.388. The maximum atomic E-state index is 12.2. The number of nitrogens with zero attached hydrogens (tertiary/aromatic N) is 1. The lowest BCUT2D eigenvalue weighted by molar-refractivity contribution is -0.145. The molecule has 1 aliphatic heterocycles. The van der Waals surface area contributed by atoms with Crippen LogP contribution in [0.25, 0.3) is 0 Å². The number of carbonyl (C=O) groups is 2. The second-order valence-corrected chi connectivity index (χ2v) is 6.41. The van der Waals surface area contributed by atoms with E-state index in [9.17, 15) is 9.59 Å². The minimum atomic E-state index is -0.578. The summed E-state index contributed by atoms with van der Waals surface area (Å²) in [5.41, 5.74) is -0.578. The lowest BCUT2D eigenvalue weighted by Gasteiger charge is -2.27. The van der Waals surface area contributed by atoms with Gasteiger partial charge in [0.2, 0.25) is 0 Å². The Morgan fingerprint density at radius 2 is 2.00 bits per heavy atom. The van der Waals surface area contributed by atoms with Crippen LogP contribution in [-0.2, 0) is 14.3 Å².